The van der Waals surface area contributed by atoms with Crippen LogP contribution in [0.15, 0.2) is 58.3 Å². The van der Waals surface area contributed by atoms with E-state index in [0.717, 1.165) is 24.8 Å². The van der Waals surface area contributed by atoms with Crippen LogP contribution in [0.1, 0.15) is 11.6 Å². The van der Waals surface area contributed by atoms with E-state index in [4.69, 9.17) is 16.3 Å². The number of hydrogen-bond donors (Lipinski definition) is 1. The molecule has 1 saturated heterocycles. The van der Waals surface area contributed by atoms with Gasteiger partial charge in [-0.15, -0.1) is 0 Å². The molecule has 1 N–H and O–H groups in total. The zero-order chi connectivity index (χ0) is 13.8. The molecule has 1 atom stereocenters. The summed E-state index contributed by atoms with van der Waals surface area (Å²) >= 11 is 7.69. The smallest absolute Gasteiger partial charge is 0.0662 e. The molecule has 2 aromatic carbocycles. The normalized spacial score (nSPS) is 18.9. The highest BCUT2D eigenvalue weighted by Crippen LogP contribution is 2.34. The standard InChI is InChI=1S/C16H16ClNOS/c17-12-5-7-13(8-6-12)20-16-4-2-1-3-14(16)15-11-19-10-9-18-15/h1-8,15,18H,9-11H2/t15-/m0/s1. The van der Waals surface area contributed by atoms with Crippen LogP contribution >= 0.6 is 23.4 Å². The molecule has 2 nitrogen and oxygen atoms in total. The van der Waals surface area contributed by atoms with E-state index in [1.807, 2.05) is 12.1 Å². The molecule has 1 aliphatic heterocycles. The monoisotopic (exact) mass is 305 g/mol. The van der Waals surface area contributed by atoms with Gasteiger partial charge in [-0.2, -0.15) is 0 Å². The molecule has 0 radical (unpaired) electrons. The average molecular weight is 306 g/mol. The third-order valence-electron chi connectivity index (χ3n) is 3.26. The van der Waals surface area contributed by atoms with Gasteiger partial charge in [-0.3, -0.25) is 0 Å². The summed E-state index contributed by atoms with van der Waals surface area (Å²) in [4.78, 5) is 2.46. The fraction of sp³-hybridized carbons (Fsp3) is 0.250. The Morgan fingerprint density at radius 2 is 1.90 bits per heavy atom. The zero-order valence-corrected chi connectivity index (χ0v) is 12.6. The van der Waals surface area contributed by atoms with Crippen molar-refractivity contribution in [2.75, 3.05) is 19.8 Å². The molecule has 1 heterocycles. The second-order valence-corrected chi connectivity index (χ2v) is 6.23. The van der Waals surface area contributed by atoms with Gasteiger partial charge >= 0.3 is 0 Å². The lowest BCUT2D eigenvalue weighted by atomic mass is 10.1. The van der Waals surface area contributed by atoms with Crippen molar-refractivity contribution in [2.24, 2.45) is 0 Å². The van der Waals surface area contributed by atoms with Gasteiger partial charge in [0.15, 0.2) is 0 Å². The highest BCUT2D eigenvalue weighted by atomic mass is 35.5. The minimum absolute atomic E-state index is 0.278. The Hall–Kier alpha value is -1.00. The zero-order valence-electron chi connectivity index (χ0n) is 11.0. The fourth-order valence-electron chi connectivity index (χ4n) is 2.26. The molecule has 0 spiro atoms. The van der Waals surface area contributed by atoms with Crippen molar-refractivity contribution in [3.8, 4) is 0 Å². The minimum Gasteiger partial charge on any atom is -0.378 e. The van der Waals surface area contributed by atoms with Gasteiger partial charge in [-0.1, -0.05) is 41.6 Å². The second kappa shape index (κ2) is 6.64. The van der Waals surface area contributed by atoms with Crippen molar-refractivity contribution in [1.29, 1.82) is 0 Å². The van der Waals surface area contributed by atoms with Crippen LogP contribution in [0.25, 0.3) is 0 Å². The van der Waals surface area contributed by atoms with E-state index in [2.05, 4.69) is 41.7 Å². The van der Waals surface area contributed by atoms with E-state index in [0.29, 0.717) is 0 Å². The average Bonchev–Trinajstić information content (AvgIpc) is 2.51. The predicted octanol–water partition coefficient (Wildman–Crippen LogP) is 4.15. The van der Waals surface area contributed by atoms with Gasteiger partial charge in [-0.05, 0) is 35.9 Å². The van der Waals surface area contributed by atoms with Crippen molar-refractivity contribution in [3.05, 3.63) is 59.1 Å². The lowest BCUT2D eigenvalue weighted by Crippen LogP contribution is -2.34. The van der Waals surface area contributed by atoms with Gasteiger partial charge in [0.05, 0.1) is 19.3 Å². The van der Waals surface area contributed by atoms with Crippen molar-refractivity contribution in [1.82, 2.24) is 5.32 Å². The summed E-state index contributed by atoms with van der Waals surface area (Å²) < 4.78 is 5.57. The topological polar surface area (TPSA) is 21.3 Å². The summed E-state index contributed by atoms with van der Waals surface area (Å²) in [6, 6.07) is 16.7. The van der Waals surface area contributed by atoms with Crippen LogP contribution < -0.4 is 5.32 Å². The van der Waals surface area contributed by atoms with E-state index in [9.17, 15) is 0 Å². The Bertz CT molecular complexity index is 567. The van der Waals surface area contributed by atoms with Crippen LogP contribution in [0.5, 0.6) is 0 Å². The maximum absolute atomic E-state index is 5.93. The number of halogens is 1. The van der Waals surface area contributed by atoms with Crippen LogP contribution in [0.3, 0.4) is 0 Å². The molecular weight excluding hydrogens is 290 g/mol. The van der Waals surface area contributed by atoms with Crippen LogP contribution in [0.4, 0.5) is 0 Å². The van der Waals surface area contributed by atoms with Crippen LogP contribution in [0, 0.1) is 0 Å². The lowest BCUT2D eigenvalue weighted by Gasteiger charge is -2.25. The van der Waals surface area contributed by atoms with Gasteiger partial charge in [0.25, 0.3) is 0 Å². The van der Waals surface area contributed by atoms with Gasteiger partial charge in [-0.25, -0.2) is 0 Å². The second-order valence-electron chi connectivity index (χ2n) is 4.68. The van der Waals surface area contributed by atoms with E-state index in [-0.39, 0.29) is 6.04 Å². The molecular formula is C16H16ClNOS. The molecule has 20 heavy (non-hydrogen) atoms. The Kier molecular flexibility index (Phi) is 4.63. The van der Waals surface area contributed by atoms with Gasteiger partial charge < -0.3 is 10.1 Å². The Morgan fingerprint density at radius 3 is 2.65 bits per heavy atom. The first kappa shape index (κ1) is 14.0. The Labute approximate surface area is 128 Å². The third-order valence-corrected chi connectivity index (χ3v) is 4.61. The number of benzene rings is 2. The summed E-state index contributed by atoms with van der Waals surface area (Å²) in [5.41, 5.74) is 1.30. The van der Waals surface area contributed by atoms with Crippen molar-refractivity contribution >= 4 is 23.4 Å². The molecule has 0 aliphatic carbocycles. The number of hydrogen-bond acceptors (Lipinski definition) is 3. The molecule has 1 aliphatic rings. The van der Waals surface area contributed by atoms with E-state index >= 15 is 0 Å². The number of ether oxygens (including phenoxy) is 1. The molecule has 0 bridgehead atoms. The first-order valence-electron chi connectivity index (χ1n) is 6.66. The van der Waals surface area contributed by atoms with Crippen LogP contribution in [0.2, 0.25) is 5.02 Å². The largest absolute Gasteiger partial charge is 0.378 e. The van der Waals surface area contributed by atoms with Crippen LogP contribution in [-0.4, -0.2) is 19.8 Å². The first-order chi connectivity index (χ1) is 9.83. The molecule has 0 saturated carbocycles. The SMILES string of the molecule is Clc1ccc(Sc2ccccc2[C@@H]2COCCN2)cc1. The molecule has 104 valence electrons. The molecule has 3 rings (SSSR count). The number of nitrogens with one attached hydrogen (secondary N) is 1. The predicted molar refractivity (Wildman–Crippen MR) is 83.6 cm³/mol. The highest BCUT2D eigenvalue weighted by molar-refractivity contribution is 7.99. The quantitative estimate of drug-likeness (QED) is 0.920. The maximum Gasteiger partial charge on any atom is 0.0662 e. The molecule has 0 amide bonds. The summed E-state index contributed by atoms with van der Waals surface area (Å²) in [7, 11) is 0. The van der Waals surface area contributed by atoms with Crippen molar-refractivity contribution in [3.63, 3.8) is 0 Å². The minimum atomic E-state index is 0.278. The van der Waals surface area contributed by atoms with Gasteiger partial charge in [0.2, 0.25) is 0 Å². The van der Waals surface area contributed by atoms with Crippen LogP contribution in [-0.2, 0) is 4.74 Å². The maximum atomic E-state index is 5.93. The summed E-state index contributed by atoms with van der Waals surface area (Å²) in [6.45, 7) is 2.44. The Morgan fingerprint density at radius 1 is 1.10 bits per heavy atom. The van der Waals surface area contributed by atoms with Gasteiger partial charge in [0.1, 0.15) is 0 Å². The van der Waals surface area contributed by atoms with E-state index in [1.165, 1.54) is 15.4 Å². The Balaban J connectivity index is 1.83. The molecule has 2 aromatic rings. The van der Waals surface area contributed by atoms with Crippen molar-refractivity contribution in [2.45, 2.75) is 15.8 Å². The molecule has 1 fully saturated rings. The molecule has 0 unspecified atom stereocenters. The van der Waals surface area contributed by atoms with E-state index in [1.54, 1.807) is 11.8 Å². The molecule has 0 aromatic heterocycles. The summed E-state index contributed by atoms with van der Waals surface area (Å²) in [6.07, 6.45) is 0. The summed E-state index contributed by atoms with van der Waals surface area (Å²) in [5.74, 6) is 0. The fourth-order valence-corrected chi connectivity index (χ4v) is 3.38. The summed E-state index contributed by atoms with van der Waals surface area (Å²) in [5, 5.41) is 4.28. The van der Waals surface area contributed by atoms with E-state index < -0.39 is 0 Å². The lowest BCUT2D eigenvalue weighted by molar-refractivity contribution is 0.0761. The number of rotatable bonds is 3. The highest BCUT2D eigenvalue weighted by Gasteiger charge is 2.18. The van der Waals surface area contributed by atoms with Gasteiger partial charge in [0, 0.05) is 21.4 Å². The van der Waals surface area contributed by atoms with Crippen molar-refractivity contribution < 1.29 is 4.74 Å². The first-order valence-corrected chi connectivity index (χ1v) is 7.86. The number of morpholine rings is 1. The third kappa shape index (κ3) is 3.36. The molecule has 4 heteroatoms.